The molecule has 2 atom stereocenters. The number of hydrogen-bond acceptors (Lipinski definition) is 4. The first kappa shape index (κ1) is 23.8. The van der Waals surface area contributed by atoms with Crippen molar-refractivity contribution in [3.63, 3.8) is 0 Å². The molecule has 1 saturated carbocycles. The monoisotopic (exact) mass is 507 g/mol. The van der Waals surface area contributed by atoms with Crippen molar-refractivity contribution in [2.24, 2.45) is 0 Å². The van der Waals surface area contributed by atoms with Crippen molar-refractivity contribution in [2.75, 3.05) is 5.32 Å². The molecule has 3 amide bonds. The first-order valence-corrected chi connectivity index (χ1v) is 11.9. The van der Waals surface area contributed by atoms with Gasteiger partial charge in [-0.05, 0) is 72.5 Å². The first-order valence-electron chi connectivity index (χ1n) is 11.6. The van der Waals surface area contributed by atoms with E-state index in [1.807, 2.05) is 6.07 Å². The number of halogens is 2. The van der Waals surface area contributed by atoms with E-state index in [2.05, 4.69) is 10.6 Å². The van der Waals surface area contributed by atoms with Gasteiger partial charge < -0.3 is 15.4 Å². The molecule has 36 heavy (non-hydrogen) atoms. The van der Waals surface area contributed by atoms with Gasteiger partial charge in [0.25, 0.3) is 5.91 Å². The third kappa shape index (κ3) is 5.33. The van der Waals surface area contributed by atoms with Crippen LogP contribution in [-0.4, -0.2) is 34.9 Å². The molecule has 1 saturated heterocycles. The molecule has 3 aromatic carbocycles. The van der Waals surface area contributed by atoms with Crippen LogP contribution in [0.2, 0.25) is 5.02 Å². The van der Waals surface area contributed by atoms with E-state index >= 15 is 0 Å². The fourth-order valence-electron chi connectivity index (χ4n) is 4.15. The summed E-state index contributed by atoms with van der Waals surface area (Å²) in [5.74, 6) is -1.15. The number of benzene rings is 3. The Kier molecular flexibility index (Phi) is 6.61. The van der Waals surface area contributed by atoms with Crippen molar-refractivity contribution < 1.29 is 23.5 Å². The fourth-order valence-corrected chi connectivity index (χ4v) is 4.37. The molecule has 2 N–H and O–H groups in total. The van der Waals surface area contributed by atoms with E-state index in [4.69, 9.17) is 16.3 Å². The minimum atomic E-state index is -0.903. The maximum atomic E-state index is 13.3. The molecule has 1 aliphatic heterocycles. The molecular weight excluding hydrogens is 485 g/mol. The number of amides is 3. The zero-order valence-electron chi connectivity index (χ0n) is 19.1. The number of cyclic esters (lactones) is 1. The van der Waals surface area contributed by atoms with E-state index in [1.165, 1.54) is 29.2 Å². The highest BCUT2D eigenvalue weighted by Gasteiger charge is 2.48. The van der Waals surface area contributed by atoms with Crippen molar-refractivity contribution >= 4 is 35.2 Å². The minimum Gasteiger partial charge on any atom is -0.438 e. The molecule has 0 bridgehead atoms. The SMILES string of the molecule is O=C(Nc1cccc([C@@H]2OC(=O)N(Cc3cccc(Cl)c3)[C@H]2C(=O)NC2CC2)c1)c1ccc(F)cc1. The summed E-state index contributed by atoms with van der Waals surface area (Å²) < 4.78 is 18.9. The van der Waals surface area contributed by atoms with E-state index < -0.39 is 30.0 Å². The second kappa shape index (κ2) is 9.99. The predicted molar refractivity (Wildman–Crippen MR) is 132 cm³/mol. The Hall–Kier alpha value is -3.91. The van der Waals surface area contributed by atoms with Gasteiger partial charge in [-0.25, -0.2) is 9.18 Å². The molecular formula is C27H23ClFN3O4. The van der Waals surface area contributed by atoms with Gasteiger partial charge in [-0.15, -0.1) is 0 Å². The summed E-state index contributed by atoms with van der Waals surface area (Å²) in [6.07, 6.45) is 0.309. The van der Waals surface area contributed by atoms with Crippen LogP contribution in [0.15, 0.2) is 72.8 Å². The molecule has 1 aliphatic carbocycles. The molecule has 7 nitrogen and oxygen atoms in total. The van der Waals surface area contributed by atoms with Crippen molar-refractivity contribution in [1.29, 1.82) is 0 Å². The molecule has 5 rings (SSSR count). The summed E-state index contributed by atoms with van der Waals surface area (Å²) in [7, 11) is 0. The Morgan fingerprint density at radius 3 is 2.50 bits per heavy atom. The van der Waals surface area contributed by atoms with Crippen LogP contribution in [0.5, 0.6) is 0 Å². The second-order valence-corrected chi connectivity index (χ2v) is 9.31. The molecule has 2 fully saturated rings. The standard InChI is InChI=1S/C27H23ClFN3O4/c28-19-5-1-3-16(13-19)15-32-23(26(34)30-21-11-12-21)24(36-27(32)35)18-4-2-6-22(14-18)31-25(33)17-7-9-20(29)10-8-17/h1-10,13-14,21,23-24H,11-12,15H2,(H,30,34)(H,31,33)/t23-,24+/m1/s1. The van der Waals surface area contributed by atoms with Crippen LogP contribution >= 0.6 is 11.6 Å². The van der Waals surface area contributed by atoms with Gasteiger partial charge in [-0.2, -0.15) is 0 Å². The van der Waals surface area contributed by atoms with Crippen LogP contribution in [0.4, 0.5) is 14.9 Å². The summed E-state index contributed by atoms with van der Waals surface area (Å²) in [6.45, 7) is 0.152. The predicted octanol–water partition coefficient (Wildman–Crippen LogP) is 5.07. The van der Waals surface area contributed by atoms with Crippen molar-refractivity contribution in [1.82, 2.24) is 10.2 Å². The summed E-state index contributed by atoms with van der Waals surface area (Å²) in [4.78, 5) is 40.2. The van der Waals surface area contributed by atoms with Gasteiger partial charge in [-0.3, -0.25) is 14.5 Å². The molecule has 9 heteroatoms. The Bertz CT molecular complexity index is 1310. The van der Waals surface area contributed by atoms with Crippen molar-refractivity contribution in [2.45, 2.75) is 37.6 Å². The van der Waals surface area contributed by atoms with Crippen LogP contribution < -0.4 is 10.6 Å². The summed E-state index contributed by atoms with van der Waals surface area (Å²) in [5.41, 5.74) is 2.07. The maximum Gasteiger partial charge on any atom is 0.411 e. The van der Waals surface area contributed by atoms with Crippen LogP contribution in [0, 0.1) is 5.82 Å². The van der Waals surface area contributed by atoms with Crippen molar-refractivity contribution in [3.8, 4) is 0 Å². The van der Waals surface area contributed by atoms with Gasteiger partial charge >= 0.3 is 6.09 Å². The molecule has 0 radical (unpaired) electrons. The molecule has 3 aromatic rings. The highest BCUT2D eigenvalue weighted by Crippen LogP contribution is 2.36. The van der Waals surface area contributed by atoms with E-state index in [9.17, 15) is 18.8 Å². The Morgan fingerprint density at radius 2 is 1.78 bits per heavy atom. The summed E-state index contributed by atoms with van der Waals surface area (Å²) in [6, 6.07) is 18.3. The van der Waals surface area contributed by atoms with Crippen LogP contribution in [0.1, 0.15) is 40.4 Å². The van der Waals surface area contributed by atoms with Crippen LogP contribution in [-0.2, 0) is 16.1 Å². The molecule has 0 unspecified atom stereocenters. The van der Waals surface area contributed by atoms with Gasteiger partial charge in [0.2, 0.25) is 5.91 Å². The molecule has 0 spiro atoms. The van der Waals surface area contributed by atoms with E-state index in [-0.39, 0.29) is 18.5 Å². The van der Waals surface area contributed by atoms with Gasteiger partial charge in [0.15, 0.2) is 12.1 Å². The third-order valence-electron chi connectivity index (χ3n) is 6.10. The molecule has 1 heterocycles. The van der Waals surface area contributed by atoms with Gasteiger partial charge in [-0.1, -0.05) is 35.9 Å². The zero-order valence-corrected chi connectivity index (χ0v) is 19.9. The number of nitrogens with zero attached hydrogens (tertiary/aromatic N) is 1. The number of carbonyl (C=O) groups excluding carboxylic acids is 3. The molecule has 2 aliphatic rings. The number of rotatable bonds is 7. The van der Waals surface area contributed by atoms with Crippen molar-refractivity contribution in [3.05, 3.63) is 100 Å². The number of nitrogens with one attached hydrogen (secondary N) is 2. The third-order valence-corrected chi connectivity index (χ3v) is 6.33. The maximum absolute atomic E-state index is 13.3. The minimum absolute atomic E-state index is 0.100. The van der Waals surface area contributed by atoms with E-state index in [1.54, 1.807) is 42.5 Å². The van der Waals surface area contributed by atoms with Gasteiger partial charge in [0, 0.05) is 22.3 Å². The quantitative estimate of drug-likeness (QED) is 0.467. The number of anilines is 1. The first-order chi connectivity index (χ1) is 17.4. The van der Waals surface area contributed by atoms with E-state index in [0.29, 0.717) is 21.8 Å². The van der Waals surface area contributed by atoms with Crippen LogP contribution in [0.3, 0.4) is 0 Å². The summed E-state index contributed by atoms with van der Waals surface area (Å²) in [5, 5.41) is 6.27. The average Bonchev–Trinajstić information content (AvgIpc) is 3.61. The molecule has 184 valence electrons. The topological polar surface area (TPSA) is 87.7 Å². The molecule has 0 aromatic heterocycles. The highest BCUT2D eigenvalue weighted by molar-refractivity contribution is 6.30. The second-order valence-electron chi connectivity index (χ2n) is 8.88. The van der Waals surface area contributed by atoms with E-state index in [0.717, 1.165) is 18.4 Å². The number of carbonyl (C=O) groups is 3. The fraction of sp³-hybridized carbons (Fsp3) is 0.222. The largest absolute Gasteiger partial charge is 0.438 e. The highest BCUT2D eigenvalue weighted by atomic mass is 35.5. The van der Waals surface area contributed by atoms with Gasteiger partial charge in [0.05, 0.1) is 6.54 Å². The van der Waals surface area contributed by atoms with Gasteiger partial charge in [0.1, 0.15) is 5.82 Å². The summed E-state index contributed by atoms with van der Waals surface area (Å²) >= 11 is 6.11. The Balaban J connectivity index is 1.40. The lowest BCUT2D eigenvalue weighted by Gasteiger charge is -2.24. The van der Waals surface area contributed by atoms with Crippen LogP contribution in [0.25, 0.3) is 0 Å². The normalized spacial score (nSPS) is 19.1. The lowest BCUT2D eigenvalue weighted by atomic mass is 10.00. The Morgan fingerprint density at radius 1 is 1.03 bits per heavy atom. The number of hydrogen-bond donors (Lipinski definition) is 2. The average molecular weight is 508 g/mol. The lowest BCUT2D eigenvalue weighted by molar-refractivity contribution is -0.126. The zero-order chi connectivity index (χ0) is 25.2. The lowest BCUT2D eigenvalue weighted by Crippen LogP contribution is -2.46. The Labute approximate surface area is 212 Å². The smallest absolute Gasteiger partial charge is 0.411 e. The number of ether oxygens (including phenoxy) is 1.